The summed E-state index contributed by atoms with van der Waals surface area (Å²) in [6.07, 6.45) is 5.82. The SMILES string of the molecule is Cc1cccc(Cc2nc3c4cnn(Cc5ccnc6[nH]ncc56)c(=O)c4n(C)c3s2)n1. The number of fused-ring (bicyclic) bond motifs is 4. The minimum Gasteiger partial charge on any atom is -0.329 e. The summed E-state index contributed by atoms with van der Waals surface area (Å²) in [6, 6.07) is 7.88. The Kier molecular flexibility index (Phi) is 4.15. The first-order chi connectivity index (χ1) is 15.6. The van der Waals surface area contributed by atoms with Crippen LogP contribution in [0.2, 0.25) is 0 Å². The van der Waals surface area contributed by atoms with Gasteiger partial charge < -0.3 is 4.57 Å². The Morgan fingerprint density at radius 3 is 2.91 bits per heavy atom. The molecule has 158 valence electrons. The van der Waals surface area contributed by atoms with Gasteiger partial charge in [-0.15, -0.1) is 11.3 Å². The number of aromatic amines is 1. The molecular formula is C22H18N8OS. The lowest BCUT2D eigenvalue weighted by Gasteiger charge is -2.06. The summed E-state index contributed by atoms with van der Waals surface area (Å²) in [5.74, 6) is 0. The minimum atomic E-state index is -0.148. The van der Waals surface area contributed by atoms with Crippen LogP contribution in [0.5, 0.6) is 0 Å². The number of nitrogens with one attached hydrogen (secondary N) is 1. The van der Waals surface area contributed by atoms with Crippen molar-refractivity contribution >= 4 is 43.6 Å². The zero-order valence-electron chi connectivity index (χ0n) is 17.4. The fourth-order valence-electron chi connectivity index (χ4n) is 4.08. The average Bonchev–Trinajstić information content (AvgIpc) is 3.47. The highest BCUT2D eigenvalue weighted by atomic mass is 32.1. The van der Waals surface area contributed by atoms with Gasteiger partial charge in [0.25, 0.3) is 5.56 Å². The number of thiazole rings is 1. The third kappa shape index (κ3) is 2.91. The largest absolute Gasteiger partial charge is 0.329 e. The van der Waals surface area contributed by atoms with Crippen LogP contribution < -0.4 is 5.56 Å². The van der Waals surface area contributed by atoms with E-state index in [0.717, 1.165) is 43.1 Å². The van der Waals surface area contributed by atoms with Gasteiger partial charge in [-0.2, -0.15) is 10.2 Å². The Balaban J connectivity index is 1.42. The smallest absolute Gasteiger partial charge is 0.291 e. The Hall–Kier alpha value is -3.92. The van der Waals surface area contributed by atoms with E-state index < -0.39 is 0 Å². The van der Waals surface area contributed by atoms with Crippen molar-refractivity contribution in [3.8, 4) is 0 Å². The van der Waals surface area contributed by atoms with Gasteiger partial charge in [-0.25, -0.2) is 14.6 Å². The molecule has 0 aliphatic heterocycles. The maximum absolute atomic E-state index is 13.3. The second kappa shape index (κ2) is 7.06. The molecule has 6 heterocycles. The molecule has 1 N–H and O–H groups in total. The molecular weight excluding hydrogens is 424 g/mol. The average molecular weight is 443 g/mol. The first kappa shape index (κ1) is 18.8. The topological polar surface area (TPSA) is 107 Å². The summed E-state index contributed by atoms with van der Waals surface area (Å²) >= 11 is 1.59. The molecule has 0 saturated heterocycles. The molecule has 0 unspecified atom stereocenters. The van der Waals surface area contributed by atoms with Gasteiger partial charge in [0.1, 0.15) is 20.9 Å². The van der Waals surface area contributed by atoms with Gasteiger partial charge in [-0.3, -0.25) is 14.9 Å². The Bertz CT molecular complexity index is 1690. The summed E-state index contributed by atoms with van der Waals surface area (Å²) in [7, 11) is 1.91. The van der Waals surface area contributed by atoms with Crippen molar-refractivity contribution in [3.63, 3.8) is 0 Å². The minimum absolute atomic E-state index is 0.148. The molecule has 0 aliphatic carbocycles. The number of aryl methyl sites for hydroxylation is 2. The molecule has 6 rings (SSSR count). The molecule has 0 radical (unpaired) electrons. The van der Waals surface area contributed by atoms with E-state index in [1.54, 1.807) is 29.9 Å². The van der Waals surface area contributed by atoms with Crippen LogP contribution in [0.3, 0.4) is 0 Å². The van der Waals surface area contributed by atoms with Gasteiger partial charge in [0.05, 0.1) is 24.3 Å². The van der Waals surface area contributed by atoms with Gasteiger partial charge in [-0.05, 0) is 30.7 Å². The van der Waals surface area contributed by atoms with Gasteiger partial charge in [0.2, 0.25) is 0 Å². The Morgan fingerprint density at radius 1 is 1.12 bits per heavy atom. The number of rotatable bonds is 4. The maximum atomic E-state index is 13.3. The highest BCUT2D eigenvalue weighted by Crippen LogP contribution is 2.31. The number of pyridine rings is 2. The van der Waals surface area contributed by atoms with Crippen molar-refractivity contribution in [3.05, 3.63) is 75.2 Å². The van der Waals surface area contributed by atoms with E-state index in [0.29, 0.717) is 24.1 Å². The number of H-pyrrole nitrogens is 1. The Morgan fingerprint density at radius 2 is 2.03 bits per heavy atom. The summed E-state index contributed by atoms with van der Waals surface area (Å²) in [6.45, 7) is 2.32. The number of nitrogens with zero attached hydrogens (tertiary/aromatic N) is 7. The van der Waals surface area contributed by atoms with E-state index in [1.165, 1.54) is 4.68 Å². The summed E-state index contributed by atoms with van der Waals surface area (Å²) in [5.41, 5.74) is 4.86. The number of aromatic nitrogens is 8. The van der Waals surface area contributed by atoms with E-state index >= 15 is 0 Å². The maximum Gasteiger partial charge on any atom is 0.291 e. The summed E-state index contributed by atoms with van der Waals surface area (Å²) in [4.78, 5) is 27.9. The molecule has 6 aromatic rings. The van der Waals surface area contributed by atoms with Crippen molar-refractivity contribution in [1.29, 1.82) is 0 Å². The molecule has 6 aromatic heterocycles. The summed E-state index contributed by atoms with van der Waals surface area (Å²) < 4.78 is 3.40. The van der Waals surface area contributed by atoms with Gasteiger partial charge >= 0.3 is 0 Å². The standard InChI is InChI=1S/C22H18N8OS/c1-12-4-3-5-14(26-12)8-17-27-18-16-10-25-30(21(31)19(16)29(2)22(18)32-17)11-13-6-7-23-20-15(13)9-24-28-20/h3-7,9-10H,8,11H2,1-2H3,(H,23,24,28). The predicted molar refractivity (Wildman–Crippen MR) is 123 cm³/mol. The van der Waals surface area contributed by atoms with Crippen molar-refractivity contribution < 1.29 is 0 Å². The number of hydrogen-bond donors (Lipinski definition) is 1. The molecule has 0 fully saturated rings. The summed E-state index contributed by atoms with van der Waals surface area (Å²) in [5, 5.41) is 14.0. The molecule has 32 heavy (non-hydrogen) atoms. The van der Waals surface area contributed by atoms with Crippen LogP contribution in [-0.4, -0.2) is 39.5 Å². The molecule has 0 amide bonds. The number of hydrogen-bond acceptors (Lipinski definition) is 7. The van der Waals surface area contributed by atoms with E-state index in [9.17, 15) is 4.79 Å². The third-order valence-corrected chi connectivity index (χ3v) is 6.74. The first-order valence-corrected chi connectivity index (χ1v) is 10.9. The molecule has 9 nitrogen and oxygen atoms in total. The quantitative estimate of drug-likeness (QED) is 0.450. The molecule has 0 bridgehead atoms. The molecule has 10 heteroatoms. The van der Waals surface area contributed by atoms with Crippen LogP contribution in [0.15, 0.2) is 47.7 Å². The van der Waals surface area contributed by atoms with Crippen LogP contribution in [0.1, 0.15) is 22.0 Å². The predicted octanol–water partition coefficient (Wildman–Crippen LogP) is 2.96. The van der Waals surface area contributed by atoms with Gasteiger partial charge in [0.15, 0.2) is 5.65 Å². The molecule has 0 saturated carbocycles. The second-order valence-electron chi connectivity index (χ2n) is 7.74. The van der Waals surface area contributed by atoms with Crippen LogP contribution in [-0.2, 0) is 20.0 Å². The second-order valence-corrected chi connectivity index (χ2v) is 8.80. The normalized spacial score (nSPS) is 11.8. The van der Waals surface area contributed by atoms with Gasteiger partial charge in [-0.1, -0.05) is 6.07 Å². The van der Waals surface area contributed by atoms with Crippen LogP contribution in [0, 0.1) is 6.92 Å². The van der Waals surface area contributed by atoms with Crippen LogP contribution in [0.4, 0.5) is 0 Å². The molecule has 0 atom stereocenters. The van der Waals surface area contributed by atoms with Crippen molar-refractivity contribution in [2.75, 3.05) is 0 Å². The fraction of sp³-hybridized carbons (Fsp3) is 0.182. The zero-order valence-corrected chi connectivity index (χ0v) is 18.2. The first-order valence-electron chi connectivity index (χ1n) is 10.1. The zero-order chi connectivity index (χ0) is 21.8. The van der Waals surface area contributed by atoms with Crippen molar-refractivity contribution in [1.82, 2.24) is 39.5 Å². The molecule has 0 spiro atoms. The lowest BCUT2D eigenvalue weighted by atomic mass is 10.2. The van der Waals surface area contributed by atoms with E-state index in [2.05, 4.69) is 25.3 Å². The van der Waals surface area contributed by atoms with Crippen molar-refractivity contribution in [2.24, 2.45) is 7.05 Å². The van der Waals surface area contributed by atoms with Crippen LogP contribution >= 0.6 is 11.3 Å². The highest BCUT2D eigenvalue weighted by Gasteiger charge is 2.19. The third-order valence-electron chi connectivity index (χ3n) is 5.61. The monoisotopic (exact) mass is 442 g/mol. The lowest BCUT2D eigenvalue weighted by molar-refractivity contribution is 0.646. The fourth-order valence-corrected chi connectivity index (χ4v) is 5.14. The highest BCUT2D eigenvalue weighted by molar-refractivity contribution is 7.18. The van der Waals surface area contributed by atoms with E-state index in [-0.39, 0.29) is 5.56 Å². The van der Waals surface area contributed by atoms with Crippen LogP contribution in [0.25, 0.3) is 32.3 Å². The lowest BCUT2D eigenvalue weighted by Crippen LogP contribution is -2.24. The van der Waals surface area contributed by atoms with Gasteiger partial charge in [0, 0.05) is 36.4 Å². The van der Waals surface area contributed by atoms with E-state index in [4.69, 9.17) is 4.98 Å². The molecule has 0 aromatic carbocycles. The van der Waals surface area contributed by atoms with Crippen molar-refractivity contribution in [2.45, 2.75) is 19.9 Å². The molecule has 0 aliphatic rings. The van der Waals surface area contributed by atoms with E-state index in [1.807, 2.05) is 42.8 Å². The Labute approximate surface area is 185 Å².